The van der Waals surface area contributed by atoms with Crippen molar-refractivity contribution in [3.05, 3.63) is 278 Å². The Morgan fingerprint density at radius 2 is 0.683 bits per heavy atom. The number of carbonyl (C=O) groups excluding carboxylic acids is 10. The van der Waals surface area contributed by atoms with E-state index >= 15 is 0 Å². The number of anilines is 3. The van der Waals surface area contributed by atoms with Crippen LogP contribution in [0.25, 0.3) is 31.7 Å². The second-order valence-electron chi connectivity index (χ2n) is 33.9. The summed E-state index contributed by atoms with van der Waals surface area (Å²) in [5.74, 6) is -4.27. The Labute approximate surface area is 844 Å². The Balaban J connectivity index is 0.000000166. The summed E-state index contributed by atoms with van der Waals surface area (Å²) in [5.41, 5.74) is 3.26. The van der Waals surface area contributed by atoms with E-state index in [1.165, 1.54) is 137 Å². The van der Waals surface area contributed by atoms with Crippen LogP contribution in [0.4, 0.5) is 26.7 Å². The Morgan fingerprint density at radius 3 is 1.02 bits per heavy atom. The molecule has 3 fully saturated rings. The number of hydrogen-bond acceptors (Lipinski definition) is 28. The van der Waals surface area contributed by atoms with Gasteiger partial charge in [0.2, 0.25) is 29.5 Å². The Morgan fingerprint density at radius 1 is 0.380 bits per heavy atom. The van der Waals surface area contributed by atoms with Gasteiger partial charge in [0.1, 0.15) is 31.9 Å². The topological polar surface area (TPSA) is 490 Å². The quantitative estimate of drug-likeness (QED) is 0.0430. The predicted molar refractivity (Wildman–Crippen MR) is 537 cm³/mol. The van der Waals surface area contributed by atoms with Crippen molar-refractivity contribution in [2.24, 2.45) is 0 Å². The number of aromatic carboxylic acids is 1. The number of benzene rings is 8. The lowest BCUT2D eigenvalue weighted by Gasteiger charge is -2.35. The van der Waals surface area contributed by atoms with Crippen LogP contribution in [-0.4, -0.2) is 230 Å². The molecule has 740 valence electrons. The molecule has 12 aromatic rings. The summed E-state index contributed by atoms with van der Waals surface area (Å²) in [6.07, 6.45) is 5.97. The number of nitrogens with zero attached hydrogens (tertiary/aromatic N) is 8. The van der Waals surface area contributed by atoms with Crippen molar-refractivity contribution in [2.45, 2.75) is 102 Å². The van der Waals surface area contributed by atoms with Gasteiger partial charge in [-0.1, -0.05) is 60.7 Å². The normalized spacial score (nSPS) is 15.0. The molecule has 142 heavy (non-hydrogen) atoms. The molecule has 10 amide bonds. The number of rotatable bonds is 15. The van der Waals surface area contributed by atoms with Crippen LogP contribution < -0.4 is 42.5 Å². The lowest BCUT2D eigenvalue weighted by Crippen LogP contribution is -2.51. The van der Waals surface area contributed by atoms with Gasteiger partial charge in [0.15, 0.2) is 0 Å². The van der Waals surface area contributed by atoms with E-state index in [0.717, 1.165) is 70.6 Å². The minimum Gasteiger partial charge on any atom is -0.478 e. The Hall–Kier alpha value is -13.8. The third-order valence-electron chi connectivity index (χ3n) is 21.9. The van der Waals surface area contributed by atoms with Gasteiger partial charge in [0, 0.05) is 157 Å². The fourth-order valence-electron chi connectivity index (χ4n) is 14.9. The monoisotopic (exact) mass is 2100 g/mol. The summed E-state index contributed by atoms with van der Waals surface area (Å²) in [7, 11) is -11.9. The zero-order valence-electron chi connectivity index (χ0n) is 76.9. The third-order valence-corrected chi connectivity index (χ3v) is 30.7. The predicted octanol–water partition coefficient (Wildman–Crippen LogP) is 13.9. The number of sulfone groups is 3. The number of hydrogen-bond donors (Lipinski definition) is 9. The number of carbonyl (C=O) groups is 11. The number of ether oxygens (including phenoxy) is 2. The first kappa shape index (κ1) is 106. The Kier molecular flexibility index (Phi) is 34.1. The summed E-state index contributed by atoms with van der Waals surface area (Å²) in [6, 6.07) is 47.1. The summed E-state index contributed by atoms with van der Waals surface area (Å²) < 4.78 is 89.7. The summed E-state index contributed by atoms with van der Waals surface area (Å²) in [6.45, 7) is 19.3. The van der Waals surface area contributed by atoms with Crippen molar-refractivity contribution in [3.8, 4) is 31.7 Å². The van der Waals surface area contributed by atoms with Crippen molar-refractivity contribution in [3.63, 3.8) is 0 Å². The molecule has 45 heteroatoms. The lowest BCUT2D eigenvalue weighted by atomic mass is 10.1. The van der Waals surface area contributed by atoms with Crippen LogP contribution >= 0.6 is 69.6 Å². The molecule has 8 aromatic carbocycles. The average Bonchev–Trinajstić information content (AvgIpc) is 1.60. The molecule has 6 aliphatic heterocycles. The van der Waals surface area contributed by atoms with Crippen molar-refractivity contribution >= 4 is 182 Å². The second kappa shape index (κ2) is 45.9. The van der Waals surface area contributed by atoms with Gasteiger partial charge >= 0.3 is 18.2 Å². The standard InChI is InChI=1S/C34H33N5O7S2.C28H24N6O5S2.C25H17N3O6S2.C9H18N2O2.CH2Cl2.ClH/c1-34(2,3)46-33(43)39-16-14-38(15-17-39)32(42)22-10-8-21(9-11-22)31-36-20-24(47-31)19-35-29(40)23-12-13-28-26(18-23)37-30(41)25-6-4-5-7-27(25)48(28,44)45;35-25(17-6-8-24-22(13-17)33-26(36)20-3-1-2-4-23(20)41(24,38)39)31-15-19-16-32-27(40-19)18-5-7-21(30-14-18)28(37)34-11-9-29-10-12-34;29-22(26-12-17-13-27-24(35-17)14-5-7-15(8-6-14)25(31)32)16-9-10-21-19(11-16)28-23(30)18-3-1-2-4-20(18)36(21,33)34;1-9(2,3)13-8(12)11-6-4-10-5-7-11;2-1-3;/h4-13,18,20H,14-17,19H2,1-3H3,(H,35,40)(H,37,41);1-8,13-14,16,29H,9-12,15H2,(H,31,35)(H,33,36);1-11,13H,12H2,(H,26,29)(H,28,30)(H,31,32);10H,4-7H2,1-3H3;1H2;1H. The van der Waals surface area contributed by atoms with Crippen molar-refractivity contribution in [1.82, 2.24) is 66.1 Å². The van der Waals surface area contributed by atoms with Crippen LogP contribution in [0.1, 0.15) is 150 Å². The van der Waals surface area contributed by atoms with Crippen molar-refractivity contribution in [2.75, 3.05) is 99.8 Å². The van der Waals surface area contributed by atoms with E-state index in [4.69, 9.17) is 37.8 Å². The highest BCUT2D eigenvalue weighted by molar-refractivity contribution is 7.92. The largest absolute Gasteiger partial charge is 0.478 e. The van der Waals surface area contributed by atoms with E-state index in [0.29, 0.717) is 65.5 Å². The maximum absolute atomic E-state index is 13.2. The van der Waals surface area contributed by atoms with Crippen molar-refractivity contribution < 1.29 is 92.6 Å². The molecule has 4 aromatic heterocycles. The molecule has 36 nitrogen and oxygen atoms in total. The summed E-state index contributed by atoms with van der Waals surface area (Å²) in [5, 5.41) is 33.9. The van der Waals surface area contributed by atoms with Gasteiger partial charge in [0.25, 0.3) is 47.3 Å². The zero-order chi connectivity index (χ0) is 101. The first-order valence-electron chi connectivity index (χ1n) is 43.8. The number of amides is 10. The molecule has 0 atom stereocenters. The minimum absolute atomic E-state index is 0. The van der Waals surface area contributed by atoms with Gasteiger partial charge in [-0.3, -0.25) is 43.3 Å². The van der Waals surface area contributed by atoms with E-state index in [-0.39, 0.29) is 152 Å². The maximum Gasteiger partial charge on any atom is 0.410 e. The highest BCUT2D eigenvalue weighted by Gasteiger charge is 2.37. The molecule has 0 unspecified atom stereocenters. The summed E-state index contributed by atoms with van der Waals surface area (Å²) in [4.78, 5) is 164. The van der Waals surface area contributed by atoms with E-state index in [1.54, 1.807) is 117 Å². The lowest BCUT2D eigenvalue weighted by molar-refractivity contribution is 0.0140. The minimum atomic E-state index is -3.98. The number of nitrogens with one attached hydrogen (secondary N) is 8. The van der Waals surface area contributed by atoms with Crippen LogP contribution in [0.5, 0.6) is 0 Å². The summed E-state index contributed by atoms with van der Waals surface area (Å²) >= 11 is 13.6. The van der Waals surface area contributed by atoms with Crippen LogP contribution in [0, 0.1) is 0 Å². The maximum atomic E-state index is 13.2. The second-order valence-corrected chi connectivity index (χ2v) is 43.8. The van der Waals surface area contributed by atoms with Gasteiger partial charge in [-0.05, 0) is 169 Å². The smallest absolute Gasteiger partial charge is 0.410 e. The van der Waals surface area contributed by atoms with Gasteiger partial charge in [-0.15, -0.1) is 69.6 Å². The number of alkyl halides is 2. The fraction of sp³-hybridized carbons (Fsp3) is 0.247. The number of thiazole rings is 3. The molecule has 0 aliphatic carbocycles. The van der Waals surface area contributed by atoms with Crippen LogP contribution in [0.2, 0.25) is 0 Å². The van der Waals surface area contributed by atoms with Gasteiger partial charge in [0.05, 0.1) is 93.7 Å². The number of aromatic nitrogens is 4. The number of fused-ring (bicyclic) bond motifs is 6. The number of carboxylic acid groups (broad SMARTS) is 1. The van der Waals surface area contributed by atoms with Crippen LogP contribution in [-0.2, 0) is 58.6 Å². The zero-order valence-corrected chi connectivity index (χ0v) is 84.1. The van der Waals surface area contributed by atoms with E-state index in [2.05, 4.69) is 62.5 Å². The van der Waals surface area contributed by atoms with Gasteiger partial charge < -0.3 is 76.7 Å². The Bertz CT molecular complexity index is 7180. The first-order valence-corrected chi connectivity index (χ1v) is 51.8. The molecular weight excluding hydrogens is 2010 g/mol. The molecule has 0 saturated carbocycles. The molecule has 18 rings (SSSR count). The van der Waals surface area contributed by atoms with Crippen molar-refractivity contribution in [1.29, 1.82) is 0 Å². The third kappa shape index (κ3) is 25.6. The SMILES string of the molecule is CC(C)(C)OC(=O)N1CCN(C(=O)c2ccc(-c3ncc(CNC(=O)c4ccc5c(c4)NC(=O)c4ccccc4S5(=O)=O)s3)cc2)CC1.CC(C)(C)OC(=O)N1CCNCC1.Cl.ClCCl.O=C(NCc1cnc(-c2ccc(C(=O)N3CCNCC3)nc2)s1)c1ccc2c(c1)NC(=O)c1ccccc1S2(=O)=O.O=C(O)c1ccc(-c2ncc(CNC(=O)c3ccc4c(c3)NC(=O)c3ccccc3S4(=O)=O)s2)cc1. The number of carboxylic acids is 1. The van der Waals surface area contributed by atoms with E-state index in [9.17, 15) is 78.0 Å². The number of halogens is 3. The fourth-order valence-corrected chi connectivity index (χ4v) is 22.3. The molecule has 6 aliphatic rings. The van der Waals surface area contributed by atoms with Gasteiger partial charge in [-0.25, -0.2) is 54.6 Å². The van der Waals surface area contributed by atoms with Gasteiger partial charge in [-0.2, -0.15) is 0 Å². The van der Waals surface area contributed by atoms with Crippen LogP contribution in [0.3, 0.4) is 0 Å². The molecule has 0 bridgehead atoms. The number of piperazine rings is 3. The van der Waals surface area contributed by atoms with E-state index in [1.807, 2.05) is 53.7 Å². The molecular formula is C97H95Cl3N16O20S6. The molecule has 9 N–H and O–H groups in total. The van der Waals surface area contributed by atoms with E-state index < -0.39 is 76.5 Å². The molecule has 10 heterocycles. The highest BCUT2D eigenvalue weighted by Crippen LogP contribution is 2.39. The number of pyridine rings is 1. The highest BCUT2D eigenvalue weighted by atomic mass is 35.5. The molecule has 3 saturated heterocycles. The molecule has 0 radical (unpaired) electrons. The van der Waals surface area contributed by atoms with Crippen LogP contribution in [0.15, 0.2) is 242 Å². The first-order chi connectivity index (χ1) is 67.2. The average molecular weight is 2100 g/mol. The molecule has 0 spiro atoms.